The molecule has 0 aliphatic rings. The van der Waals surface area contributed by atoms with Gasteiger partial charge in [0.1, 0.15) is 0 Å². The second kappa shape index (κ2) is 14.7. The number of hydrogen-bond acceptors (Lipinski definition) is 5. The predicted octanol–water partition coefficient (Wildman–Crippen LogP) is 14.5. The third-order valence-corrected chi connectivity index (χ3v) is 12.1. The van der Waals surface area contributed by atoms with Crippen molar-refractivity contribution in [1.29, 1.82) is 0 Å². The minimum Gasteiger partial charge on any atom is -0.246 e. The molecular formula is C54H34N4S. The maximum absolute atomic E-state index is 5.16. The van der Waals surface area contributed by atoms with Gasteiger partial charge in [0.05, 0.1) is 15.7 Å². The smallest absolute Gasteiger partial charge is 0.164 e. The monoisotopic (exact) mass is 770 g/mol. The van der Waals surface area contributed by atoms with Gasteiger partial charge in [0.15, 0.2) is 17.5 Å². The van der Waals surface area contributed by atoms with E-state index in [0.29, 0.717) is 17.5 Å². The van der Waals surface area contributed by atoms with Crippen molar-refractivity contribution in [3.63, 3.8) is 0 Å². The lowest BCUT2D eigenvalue weighted by Gasteiger charge is -2.12. The van der Waals surface area contributed by atoms with Crippen LogP contribution in [0.4, 0.5) is 0 Å². The first-order chi connectivity index (χ1) is 29.2. The van der Waals surface area contributed by atoms with Gasteiger partial charge in [-0.15, -0.1) is 11.3 Å². The minimum absolute atomic E-state index is 0.620. The zero-order valence-corrected chi connectivity index (χ0v) is 32.6. The topological polar surface area (TPSA) is 51.6 Å². The van der Waals surface area contributed by atoms with Crippen LogP contribution in [0, 0.1) is 0 Å². The quantitative estimate of drug-likeness (QED) is 0.162. The molecule has 3 aromatic heterocycles. The highest BCUT2D eigenvalue weighted by Crippen LogP contribution is 2.43. The summed E-state index contributed by atoms with van der Waals surface area (Å²) in [6.07, 6.45) is 0. The molecular weight excluding hydrogens is 737 g/mol. The first kappa shape index (κ1) is 34.6. The number of nitrogens with zero attached hydrogens (tertiary/aromatic N) is 4. The molecule has 0 bridgehead atoms. The van der Waals surface area contributed by atoms with Gasteiger partial charge in [0.25, 0.3) is 0 Å². The van der Waals surface area contributed by atoms with Crippen LogP contribution < -0.4 is 0 Å². The molecule has 0 N–H and O–H groups in total. The molecule has 0 radical (unpaired) electrons. The van der Waals surface area contributed by atoms with Crippen molar-refractivity contribution in [2.45, 2.75) is 0 Å². The molecule has 0 aliphatic carbocycles. The molecule has 11 rings (SSSR count). The first-order valence-electron chi connectivity index (χ1n) is 19.7. The van der Waals surface area contributed by atoms with E-state index >= 15 is 0 Å². The molecule has 0 saturated carbocycles. The number of para-hydroxylation sites is 1. The Balaban J connectivity index is 1.01. The summed E-state index contributed by atoms with van der Waals surface area (Å²) < 4.78 is 2.44. The zero-order valence-electron chi connectivity index (χ0n) is 31.8. The summed E-state index contributed by atoms with van der Waals surface area (Å²) in [6, 6.07) is 72.2. The fourth-order valence-corrected chi connectivity index (χ4v) is 9.19. The van der Waals surface area contributed by atoms with Crippen LogP contribution in [-0.2, 0) is 0 Å². The molecule has 0 spiro atoms. The van der Waals surface area contributed by atoms with Crippen LogP contribution >= 0.6 is 11.3 Å². The van der Waals surface area contributed by atoms with Crippen molar-refractivity contribution in [3.8, 4) is 78.7 Å². The zero-order chi connectivity index (χ0) is 39.1. The molecule has 0 atom stereocenters. The van der Waals surface area contributed by atoms with Gasteiger partial charge in [-0.3, -0.25) is 0 Å². The Morgan fingerprint density at radius 1 is 0.288 bits per heavy atom. The van der Waals surface area contributed by atoms with Crippen molar-refractivity contribution in [1.82, 2.24) is 19.9 Å². The van der Waals surface area contributed by atoms with Crippen molar-refractivity contribution in [3.05, 3.63) is 206 Å². The Morgan fingerprint density at radius 3 is 1.32 bits per heavy atom. The van der Waals surface area contributed by atoms with E-state index < -0.39 is 0 Å². The summed E-state index contributed by atoms with van der Waals surface area (Å²) in [5.41, 5.74) is 14.0. The largest absolute Gasteiger partial charge is 0.246 e. The summed E-state index contributed by atoms with van der Waals surface area (Å²) in [5.74, 6) is 1.87. The summed E-state index contributed by atoms with van der Waals surface area (Å²) in [7, 11) is 0. The molecule has 0 fully saturated rings. The molecule has 8 aromatic carbocycles. The highest BCUT2D eigenvalue weighted by atomic mass is 32.1. The van der Waals surface area contributed by atoms with Crippen LogP contribution in [0.25, 0.3) is 110 Å². The molecule has 4 nitrogen and oxygen atoms in total. The van der Waals surface area contributed by atoms with Crippen molar-refractivity contribution in [2.24, 2.45) is 0 Å². The van der Waals surface area contributed by atoms with Crippen LogP contribution in [0.3, 0.4) is 0 Å². The van der Waals surface area contributed by atoms with E-state index in [-0.39, 0.29) is 0 Å². The van der Waals surface area contributed by atoms with E-state index in [9.17, 15) is 0 Å². The predicted molar refractivity (Wildman–Crippen MR) is 246 cm³/mol. The molecule has 0 unspecified atom stereocenters. The Morgan fingerprint density at radius 2 is 0.712 bits per heavy atom. The lowest BCUT2D eigenvalue weighted by Crippen LogP contribution is -2.00. The van der Waals surface area contributed by atoms with Crippen molar-refractivity contribution in [2.75, 3.05) is 0 Å². The van der Waals surface area contributed by atoms with E-state index in [1.807, 2.05) is 23.5 Å². The molecule has 3 heterocycles. The van der Waals surface area contributed by atoms with Crippen LogP contribution in [0.1, 0.15) is 0 Å². The number of aromatic nitrogens is 4. The summed E-state index contributed by atoms with van der Waals surface area (Å²) in [4.78, 5) is 20.5. The van der Waals surface area contributed by atoms with Gasteiger partial charge in [0.2, 0.25) is 0 Å². The summed E-state index contributed by atoms with van der Waals surface area (Å²) in [5, 5.41) is 2.34. The molecule has 0 amide bonds. The minimum atomic E-state index is 0.620. The fraction of sp³-hybridized carbons (Fsp3) is 0. The average molecular weight is 771 g/mol. The van der Waals surface area contributed by atoms with Crippen molar-refractivity contribution >= 4 is 42.5 Å². The molecule has 0 saturated heterocycles. The standard InChI is InChI=1S/C54H34N4S/c1-3-13-35(14-4-1)37-25-29-39(30-26-37)52-56-53(40-31-27-38(28-32-40)36-15-5-2-6-16-36)58-54(57-52)44-20-12-18-42(34-44)41-17-11-19-43(33-41)49-45-21-7-9-23-47(45)55-50-46-22-8-10-24-48(46)59-51(49)50/h1-34H. The van der Waals surface area contributed by atoms with Crippen LogP contribution in [0.15, 0.2) is 206 Å². The molecule has 11 aromatic rings. The number of thiophene rings is 1. The number of hydrogen-bond donors (Lipinski definition) is 0. The Bertz CT molecular complexity index is 3200. The number of pyridine rings is 1. The van der Waals surface area contributed by atoms with Crippen LogP contribution in [-0.4, -0.2) is 19.9 Å². The third-order valence-electron chi connectivity index (χ3n) is 10.9. The van der Waals surface area contributed by atoms with Crippen LogP contribution in [0.2, 0.25) is 0 Å². The first-order valence-corrected chi connectivity index (χ1v) is 20.5. The van der Waals surface area contributed by atoms with Gasteiger partial charge in [-0.2, -0.15) is 0 Å². The lowest BCUT2D eigenvalue weighted by atomic mass is 9.95. The van der Waals surface area contributed by atoms with Gasteiger partial charge in [-0.25, -0.2) is 19.9 Å². The Hall–Kier alpha value is -7.60. The number of benzene rings is 8. The average Bonchev–Trinajstić information content (AvgIpc) is 3.69. The third kappa shape index (κ3) is 6.54. The van der Waals surface area contributed by atoms with Crippen molar-refractivity contribution < 1.29 is 0 Å². The Kier molecular flexibility index (Phi) is 8.64. The van der Waals surface area contributed by atoms with E-state index in [1.54, 1.807) is 0 Å². The maximum Gasteiger partial charge on any atom is 0.164 e. The highest BCUT2D eigenvalue weighted by Gasteiger charge is 2.18. The SMILES string of the molecule is c1ccc(-c2ccc(-c3nc(-c4ccc(-c5ccccc5)cc4)nc(-c4cccc(-c5cccc(-c6c7ccccc7nc7c6sc6ccccc67)c5)c4)n3)cc2)cc1. The van der Waals surface area contributed by atoms with Gasteiger partial charge in [-0.1, -0.05) is 182 Å². The fourth-order valence-electron chi connectivity index (χ4n) is 7.96. The molecule has 276 valence electrons. The summed E-state index contributed by atoms with van der Waals surface area (Å²) in [6.45, 7) is 0. The lowest BCUT2D eigenvalue weighted by molar-refractivity contribution is 1.07. The summed E-state index contributed by atoms with van der Waals surface area (Å²) >= 11 is 1.81. The van der Waals surface area contributed by atoms with E-state index in [1.165, 1.54) is 31.5 Å². The Labute approximate surface area is 345 Å². The van der Waals surface area contributed by atoms with Gasteiger partial charge >= 0.3 is 0 Å². The van der Waals surface area contributed by atoms with Crippen LogP contribution in [0.5, 0.6) is 0 Å². The number of rotatable bonds is 7. The van der Waals surface area contributed by atoms with E-state index in [4.69, 9.17) is 19.9 Å². The normalized spacial score (nSPS) is 11.4. The van der Waals surface area contributed by atoms with Gasteiger partial charge in [0, 0.05) is 37.7 Å². The second-order valence-corrected chi connectivity index (χ2v) is 15.7. The highest BCUT2D eigenvalue weighted by molar-refractivity contribution is 7.26. The molecule has 5 heteroatoms. The van der Waals surface area contributed by atoms with Gasteiger partial charge < -0.3 is 0 Å². The maximum atomic E-state index is 5.16. The van der Waals surface area contributed by atoms with E-state index in [0.717, 1.165) is 60.9 Å². The molecule has 59 heavy (non-hydrogen) atoms. The second-order valence-electron chi connectivity index (χ2n) is 14.6. The van der Waals surface area contributed by atoms with E-state index in [2.05, 4.69) is 194 Å². The number of fused-ring (bicyclic) bond motifs is 4. The van der Waals surface area contributed by atoms with Gasteiger partial charge in [-0.05, 0) is 63.2 Å². The molecule has 0 aliphatic heterocycles.